The lowest BCUT2D eigenvalue weighted by Gasteiger charge is -2.19. The third-order valence-electron chi connectivity index (χ3n) is 6.90. The van der Waals surface area contributed by atoms with Crippen molar-refractivity contribution >= 4 is 44.1 Å². The van der Waals surface area contributed by atoms with E-state index in [0.717, 1.165) is 22.4 Å². The number of aryl methyl sites for hydroxylation is 1. The van der Waals surface area contributed by atoms with Crippen molar-refractivity contribution in [2.24, 2.45) is 11.8 Å². The first-order chi connectivity index (χ1) is 17.4. The third-order valence-corrected chi connectivity index (χ3v) is 10.9. The van der Waals surface area contributed by atoms with Gasteiger partial charge in [0, 0.05) is 12.1 Å². The molecule has 2 heterocycles. The first kappa shape index (κ1) is 27.4. The standard InChI is InChI=1S/C26H35N5O4S2/c1-7-18-14-19(35-36(6)26(3,4)5)15-21(18)25(32)30-29-23-16-27-24-22(28-23)12-13-31(24)37(33,34)20-10-8-17(2)9-11-20/h8-13,16,18-19,21H,7,14-15H2,1-6H3,(H-,27,28,29,30,32)/p+1. The highest BCUT2D eigenvalue weighted by molar-refractivity contribution is 7.93. The summed E-state index contributed by atoms with van der Waals surface area (Å²) in [6.45, 7) is 10.5. The lowest BCUT2D eigenvalue weighted by Crippen LogP contribution is -2.37. The fourth-order valence-electron chi connectivity index (χ4n) is 4.46. The monoisotopic (exact) mass is 546 g/mol. The highest BCUT2D eigenvalue weighted by atomic mass is 32.2. The molecular weight excluding hydrogens is 510 g/mol. The number of hydrazine groups is 1. The molecule has 2 N–H and O–H groups in total. The number of rotatable bonds is 8. The van der Waals surface area contributed by atoms with Gasteiger partial charge in [-0.2, -0.15) is 4.18 Å². The number of benzene rings is 1. The zero-order valence-corrected chi connectivity index (χ0v) is 23.8. The fourth-order valence-corrected chi connectivity index (χ4v) is 6.61. The third kappa shape index (κ3) is 5.94. The fraction of sp³-hybridized carbons (Fsp3) is 0.500. The van der Waals surface area contributed by atoms with Crippen molar-refractivity contribution in [1.29, 1.82) is 0 Å². The molecule has 0 radical (unpaired) electrons. The molecule has 1 amide bonds. The van der Waals surface area contributed by atoms with Gasteiger partial charge in [-0.1, -0.05) is 31.0 Å². The number of hydrogen-bond donors (Lipinski definition) is 2. The number of amides is 1. The summed E-state index contributed by atoms with van der Waals surface area (Å²) in [5.41, 5.74) is 7.21. The second kappa shape index (κ2) is 10.6. The summed E-state index contributed by atoms with van der Waals surface area (Å²) in [5, 5.41) is 0. The van der Waals surface area contributed by atoms with Crippen LogP contribution in [0.4, 0.5) is 5.82 Å². The van der Waals surface area contributed by atoms with E-state index in [1.165, 1.54) is 12.4 Å². The van der Waals surface area contributed by atoms with Gasteiger partial charge in [0.1, 0.15) is 29.1 Å². The van der Waals surface area contributed by atoms with Gasteiger partial charge in [-0.15, -0.1) is 0 Å². The van der Waals surface area contributed by atoms with E-state index in [1.54, 1.807) is 30.3 Å². The van der Waals surface area contributed by atoms with Gasteiger partial charge in [-0.3, -0.25) is 15.6 Å². The molecule has 2 aromatic heterocycles. The number of carbonyl (C=O) groups is 1. The number of nitrogens with zero attached hydrogens (tertiary/aromatic N) is 3. The van der Waals surface area contributed by atoms with E-state index in [0.29, 0.717) is 17.8 Å². The summed E-state index contributed by atoms with van der Waals surface area (Å²) in [5.74, 6) is 0.314. The Labute approximate surface area is 222 Å². The van der Waals surface area contributed by atoms with Crippen molar-refractivity contribution in [3.63, 3.8) is 0 Å². The van der Waals surface area contributed by atoms with E-state index in [9.17, 15) is 13.2 Å². The van der Waals surface area contributed by atoms with Crippen LogP contribution in [0.3, 0.4) is 0 Å². The van der Waals surface area contributed by atoms with Crippen LogP contribution < -0.4 is 10.9 Å². The predicted octanol–water partition coefficient (Wildman–Crippen LogP) is 4.20. The lowest BCUT2D eigenvalue weighted by molar-refractivity contribution is -0.125. The smallest absolute Gasteiger partial charge is 0.269 e. The van der Waals surface area contributed by atoms with Crippen molar-refractivity contribution in [2.75, 3.05) is 11.7 Å². The van der Waals surface area contributed by atoms with Crippen LogP contribution in [-0.4, -0.2) is 45.4 Å². The van der Waals surface area contributed by atoms with E-state index >= 15 is 0 Å². The molecule has 1 fully saturated rings. The van der Waals surface area contributed by atoms with E-state index in [-0.39, 0.29) is 50.3 Å². The van der Waals surface area contributed by atoms with E-state index in [4.69, 9.17) is 4.18 Å². The Hall–Kier alpha value is -2.63. The minimum absolute atomic E-state index is 0.0688. The predicted molar refractivity (Wildman–Crippen MR) is 147 cm³/mol. The first-order valence-corrected chi connectivity index (χ1v) is 15.5. The Morgan fingerprint density at radius 3 is 2.54 bits per heavy atom. The normalized spacial score (nSPS) is 21.2. The molecule has 0 bridgehead atoms. The van der Waals surface area contributed by atoms with Gasteiger partial charge < -0.3 is 0 Å². The molecule has 4 atom stereocenters. The maximum Gasteiger partial charge on any atom is 0.269 e. The highest BCUT2D eigenvalue weighted by Gasteiger charge is 2.43. The number of aromatic nitrogens is 3. The van der Waals surface area contributed by atoms with Crippen molar-refractivity contribution in [3.05, 3.63) is 48.3 Å². The highest BCUT2D eigenvalue weighted by Crippen LogP contribution is 2.38. The zero-order valence-electron chi connectivity index (χ0n) is 22.2. The number of carbonyl (C=O) groups excluding carboxylic acids is 1. The van der Waals surface area contributed by atoms with Crippen molar-refractivity contribution in [2.45, 2.75) is 69.6 Å². The second-order valence-electron chi connectivity index (χ2n) is 10.5. The van der Waals surface area contributed by atoms with Crippen LogP contribution in [0, 0.1) is 18.8 Å². The Balaban J connectivity index is 1.43. The molecule has 9 nitrogen and oxygen atoms in total. The molecular formula is C26H36N5O4S2+. The Morgan fingerprint density at radius 2 is 1.89 bits per heavy atom. The van der Waals surface area contributed by atoms with Crippen LogP contribution in [-0.2, 0) is 30.2 Å². The molecule has 1 aliphatic rings. The molecule has 0 aliphatic heterocycles. The summed E-state index contributed by atoms with van der Waals surface area (Å²) in [7, 11) is -3.81. The van der Waals surface area contributed by atoms with Crippen LogP contribution in [0.15, 0.2) is 47.6 Å². The van der Waals surface area contributed by atoms with Gasteiger partial charge in [0.05, 0.1) is 11.1 Å². The SMILES string of the molecule is CCC1CC(O[S+](C)C(C)(C)C)CC1C(=O)NNc1cnc2c(ccn2S(=O)(=O)c2ccc(C)cc2)n1. The van der Waals surface area contributed by atoms with Gasteiger partial charge in [0.25, 0.3) is 10.0 Å². The average molecular weight is 547 g/mol. The molecule has 4 unspecified atom stereocenters. The number of fused-ring (bicyclic) bond motifs is 1. The van der Waals surface area contributed by atoms with Crippen molar-refractivity contribution < 1.29 is 17.4 Å². The molecule has 1 aromatic carbocycles. The summed E-state index contributed by atoms with van der Waals surface area (Å²) >= 11 is -0.198. The molecule has 3 aromatic rings. The summed E-state index contributed by atoms with van der Waals surface area (Å²) in [6.07, 6.45) is 7.49. The molecule has 37 heavy (non-hydrogen) atoms. The largest absolute Gasteiger partial charge is 0.281 e. The van der Waals surface area contributed by atoms with E-state index in [2.05, 4.69) is 54.8 Å². The Morgan fingerprint density at radius 1 is 1.19 bits per heavy atom. The average Bonchev–Trinajstić information content (AvgIpc) is 3.46. The summed E-state index contributed by atoms with van der Waals surface area (Å²) < 4.78 is 33.7. The molecule has 0 spiro atoms. The Kier molecular flexibility index (Phi) is 7.87. The second-order valence-corrected chi connectivity index (χ2v) is 14.7. The Bertz CT molecular complexity index is 1370. The van der Waals surface area contributed by atoms with Crippen LogP contribution in [0.2, 0.25) is 0 Å². The van der Waals surface area contributed by atoms with Crippen LogP contribution in [0.1, 0.15) is 52.5 Å². The molecule has 200 valence electrons. The van der Waals surface area contributed by atoms with Crippen LogP contribution >= 0.6 is 0 Å². The zero-order chi connectivity index (χ0) is 27.0. The minimum Gasteiger partial charge on any atom is -0.281 e. The molecule has 0 saturated heterocycles. The van der Waals surface area contributed by atoms with Crippen molar-refractivity contribution in [3.8, 4) is 0 Å². The van der Waals surface area contributed by atoms with Gasteiger partial charge in [0.15, 0.2) is 16.2 Å². The summed E-state index contributed by atoms with van der Waals surface area (Å²) in [4.78, 5) is 22.0. The van der Waals surface area contributed by atoms with Crippen LogP contribution in [0.5, 0.6) is 0 Å². The maximum atomic E-state index is 13.1. The first-order valence-electron chi connectivity index (χ1n) is 12.5. The van der Waals surface area contributed by atoms with E-state index in [1.807, 2.05) is 6.92 Å². The number of nitrogens with one attached hydrogen (secondary N) is 2. The maximum absolute atomic E-state index is 13.1. The van der Waals surface area contributed by atoms with E-state index < -0.39 is 10.0 Å². The topological polar surface area (TPSA) is 115 Å². The molecule has 1 saturated carbocycles. The minimum atomic E-state index is -3.81. The van der Waals surface area contributed by atoms with Gasteiger partial charge in [-0.25, -0.2) is 22.4 Å². The quantitative estimate of drug-likeness (QED) is 0.321. The van der Waals surface area contributed by atoms with Gasteiger partial charge in [0.2, 0.25) is 5.91 Å². The van der Waals surface area contributed by atoms with Gasteiger partial charge in [-0.05, 0) is 64.7 Å². The molecule has 11 heteroatoms. The number of hydrogen-bond acceptors (Lipinski definition) is 7. The molecule has 1 aliphatic carbocycles. The van der Waals surface area contributed by atoms with Gasteiger partial charge >= 0.3 is 0 Å². The molecule has 4 rings (SSSR count). The van der Waals surface area contributed by atoms with Crippen LogP contribution in [0.25, 0.3) is 11.2 Å². The lowest BCUT2D eigenvalue weighted by atomic mass is 9.93. The number of anilines is 1. The van der Waals surface area contributed by atoms with Crippen molar-refractivity contribution in [1.82, 2.24) is 19.4 Å². The summed E-state index contributed by atoms with van der Waals surface area (Å²) in [6, 6.07) is 8.23.